The standard InChI is InChI=1S/C34H39N5O6Si/c1-23-20-39(33(42)36-31(23)41)32-28(40)30(43-21-24-14-8-5-9-15-24)29(45-32)27(37-38-35)22-44-46(34(2,3)4,25-16-10-6-11-17-25)26-18-12-7-13-19-26/h5-20,27-30,32,40H,21-22H2,1-4H3,(H,36,41,42)/t27-,28+,29-,30+,32-/m1/s1. The van der Waals surface area contributed by atoms with Crippen LogP contribution in [0.25, 0.3) is 10.4 Å². The second-order valence-electron chi connectivity index (χ2n) is 12.5. The number of hydrogen-bond acceptors (Lipinski definition) is 7. The molecule has 0 radical (unpaired) electrons. The normalized spacial score (nSPS) is 20.6. The van der Waals surface area contributed by atoms with Gasteiger partial charge in [0.1, 0.15) is 12.2 Å². The molecule has 12 heteroatoms. The zero-order valence-corrected chi connectivity index (χ0v) is 27.3. The van der Waals surface area contributed by atoms with Crippen molar-refractivity contribution in [3.05, 3.63) is 140 Å². The van der Waals surface area contributed by atoms with E-state index in [4.69, 9.17) is 13.9 Å². The van der Waals surface area contributed by atoms with Crippen molar-refractivity contribution in [2.24, 2.45) is 5.11 Å². The largest absolute Gasteiger partial charge is 0.407 e. The van der Waals surface area contributed by atoms with Crippen molar-refractivity contribution in [3.63, 3.8) is 0 Å². The fraction of sp³-hybridized carbons (Fsp3) is 0.353. The van der Waals surface area contributed by atoms with Crippen molar-refractivity contribution >= 4 is 18.7 Å². The summed E-state index contributed by atoms with van der Waals surface area (Å²) in [6, 6.07) is 28.6. The van der Waals surface area contributed by atoms with Gasteiger partial charge in [-0.25, -0.2) is 4.79 Å². The van der Waals surface area contributed by atoms with E-state index in [0.717, 1.165) is 20.5 Å². The number of aromatic nitrogens is 2. The highest BCUT2D eigenvalue weighted by molar-refractivity contribution is 6.99. The van der Waals surface area contributed by atoms with Gasteiger partial charge in [-0.2, -0.15) is 0 Å². The zero-order valence-electron chi connectivity index (χ0n) is 26.3. The first-order chi connectivity index (χ1) is 22.1. The third kappa shape index (κ3) is 6.63. The van der Waals surface area contributed by atoms with Gasteiger partial charge in [0.05, 0.1) is 18.8 Å². The molecule has 0 aliphatic carbocycles. The summed E-state index contributed by atoms with van der Waals surface area (Å²) in [6.45, 7) is 8.07. The van der Waals surface area contributed by atoms with Crippen molar-refractivity contribution in [1.82, 2.24) is 9.55 Å². The summed E-state index contributed by atoms with van der Waals surface area (Å²) in [5.41, 5.74) is 9.58. The van der Waals surface area contributed by atoms with Gasteiger partial charge < -0.3 is 19.0 Å². The molecule has 240 valence electrons. The minimum absolute atomic E-state index is 0.0494. The second-order valence-corrected chi connectivity index (χ2v) is 16.8. The topological polar surface area (TPSA) is 152 Å². The van der Waals surface area contributed by atoms with E-state index in [2.05, 4.69) is 60.0 Å². The van der Waals surface area contributed by atoms with Crippen LogP contribution in [0.3, 0.4) is 0 Å². The highest BCUT2D eigenvalue weighted by Crippen LogP contribution is 2.38. The summed E-state index contributed by atoms with van der Waals surface area (Å²) in [7, 11) is -3.04. The SMILES string of the molecule is Cc1cn([C@@H]2O[C@H]([C@@H](CO[Si](c3ccccc3)(c3ccccc3)C(C)(C)C)N=[N+]=[N-])[C@@H](OCc3ccccc3)[C@@H]2O)c(=O)[nH]c1=O. The molecule has 0 spiro atoms. The van der Waals surface area contributed by atoms with Crippen LogP contribution in [-0.4, -0.2) is 53.9 Å². The molecule has 1 fully saturated rings. The summed E-state index contributed by atoms with van der Waals surface area (Å²) in [4.78, 5) is 30.4. The first-order valence-corrected chi connectivity index (χ1v) is 17.1. The molecule has 2 N–H and O–H groups in total. The second kappa shape index (κ2) is 14.0. The molecule has 1 saturated heterocycles. The summed E-state index contributed by atoms with van der Waals surface area (Å²) in [5, 5.41) is 17.5. The molecule has 2 heterocycles. The molecular weight excluding hydrogens is 602 g/mol. The monoisotopic (exact) mass is 641 g/mol. The van der Waals surface area contributed by atoms with Crippen molar-refractivity contribution in [1.29, 1.82) is 0 Å². The molecule has 3 aromatic carbocycles. The Hall–Kier alpha value is -4.29. The lowest BCUT2D eigenvalue weighted by Crippen LogP contribution is -2.67. The van der Waals surface area contributed by atoms with E-state index in [1.807, 2.05) is 66.7 Å². The number of hydrogen-bond donors (Lipinski definition) is 2. The Bertz CT molecular complexity index is 1730. The highest BCUT2D eigenvalue weighted by atomic mass is 28.4. The maximum absolute atomic E-state index is 12.9. The van der Waals surface area contributed by atoms with Crippen LogP contribution >= 0.6 is 0 Å². The molecule has 1 aliphatic rings. The van der Waals surface area contributed by atoms with Crippen LogP contribution in [0.5, 0.6) is 0 Å². The van der Waals surface area contributed by atoms with Gasteiger partial charge in [0.25, 0.3) is 13.9 Å². The number of rotatable bonds is 11. The molecule has 4 aromatic rings. The summed E-state index contributed by atoms with van der Waals surface area (Å²) < 4.78 is 20.8. The molecule has 0 amide bonds. The van der Waals surface area contributed by atoms with Crippen LogP contribution in [0, 0.1) is 6.92 Å². The lowest BCUT2D eigenvalue weighted by molar-refractivity contribution is -0.0608. The van der Waals surface area contributed by atoms with E-state index >= 15 is 0 Å². The minimum Gasteiger partial charge on any atom is -0.407 e. The summed E-state index contributed by atoms with van der Waals surface area (Å²) in [5.74, 6) is 0. The maximum Gasteiger partial charge on any atom is 0.330 e. The first kappa shape index (κ1) is 33.1. The molecule has 0 bridgehead atoms. The number of aryl methyl sites for hydroxylation is 1. The van der Waals surface area contributed by atoms with E-state index in [0.29, 0.717) is 0 Å². The van der Waals surface area contributed by atoms with Gasteiger partial charge in [0.2, 0.25) is 0 Å². The van der Waals surface area contributed by atoms with Gasteiger partial charge in [0.15, 0.2) is 6.23 Å². The van der Waals surface area contributed by atoms with E-state index < -0.39 is 50.1 Å². The highest BCUT2D eigenvalue weighted by Gasteiger charge is 2.53. The Labute approximate surface area is 268 Å². The molecule has 46 heavy (non-hydrogen) atoms. The molecule has 1 aromatic heterocycles. The number of ether oxygens (including phenoxy) is 2. The van der Waals surface area contributed by atoms with Crippen LogP contribution < -0.4 is 21.6 Å². The number of nitrogens with one attached hydrogen (secondary N) is 1. The zero-order chi connectivity index (χ0) is 32.9. The number of aliphatic hydroxyl groups excluding tert-OH is 1. The molecule has 1 aliphatic heterocycles. The van der Waals surface area contributed by atoms with Gasteiger partial charge in [0, 0.05) is 23.3 Å². The van der Waals surface area contributed by atoms with Crippen LogP contribution in [0.1, 0.15) is 38.1 Å². The fourth-order valence-corrected chi connectivity index (χ4v) is 10.8. The van der Waals surface area contributed by atoms with Gasteiger partial charge in [-0.3, -0.25) is 14.3 Å². The van der Waals surface area contributed by atoms with Crippen LogP contribution in [-0.2, 0) is 20.5 Å². The molecule has 11 nitrogen and oxygen atoms in total. The Balaban J connectivity index is 1.55. The number of aliphatic hydroxyl groups is 1. The van der Waals surface area contributed by atoms with Crippen molar-refractivity contribution in [2.75, 3.05) is 6.61 Å². The fourth-order valence-electron chi connectivity index (χ4n) is 6.18. The van der Waals surface area contributed by atoms with E-state index in [-0.39, 0.29) is 23.8 Å². The Morgan fingerprint density at radius 2 is 1.57 bits per heavy atom. The van der Waals surface area contributed by atoms with Gasteiger partial charge in [-0.15, -0.1) is 0 Å². The predicted octanol–water partition coefficient (Wildman–Crippen LogP) is 3.94. The molecule has 0 saturated carbocycles. The lowest BCUT2D eigenvalue weighted by Gasteiger charge is -2.44. The Kier molecular flexibility index (Phi) is 10.1. The Morgan fingerprint density at radius 3 is 2.11 bits per heavy atom. The van der Waals surface area contributed by atoms with E-state index in [1.165, 1.54) is 6.20 Å². The number of azide groups is 1. The smallest absolute Gasteiger partial charge is 0.330 e. The van der Waals surface area contributed by atoms with Crippen LogP contribution in [0.4, 0.5) is 0 Å². The maximum atomic E-state index is 12.9. The molecule has 5 atom stereocenters. The molecule has 5 rings (SSSR count). The average Bonchev–Trinajstić information content (AvgIpc) is 3.37. The number of aromatic amines is 1. The van der Waals surface area contributed by atoms with Crippen molar-refractivity contribution in [2.45, 2.75) is 69.9 Å². The minimum atomic E-state index is -3.04. The predicted molar refractivity (Wildman–Crippen MR) is 178 cm³/mol. The van der Waals surface area contributed by atoms with Crippen molar-refractivity contribution in [3.8, 4) is 0 Å². The lowest BCUT2D eigenvalue weighted by atomic mass is 10.0. The molecular formula is C34H39N5O6Si. The van der Waals surface area contributed by atoms with Crippen LogP contribution in [0.2, 0.25) is 5.04 Å². The third-order valence-corrected chi connectivity index (χ3v) is 13.4. The van der Waals surface area contributed by atoms with Crippen LogP contribution in [0.15, 0.2) is 112 Å². The van der Waals surface area contributed by atoms with Gasteiger partial charge in [-0.1, -0.05) is 117 Å². The third-order valence-electron chi connectivity index (χ3n) is 8.42. The molecule has 0 unspecified atom stereocenters. The average molecular weight is 642 g/mol. The number of nitrogens with zero attached hydrogens (tertiary/aromatic N) is 4. The summed E-state index contributed by atoms with van der Waals surface area (Å²) >= 11 is 0. The van der Waals surface area contributed by atoms with E-state index in [1.54, 1.807) is 6.92 Å². The summed E-state index contributed by atoms with van der Waals surface area (Å²) in [6.07, 6.45) is -3.24. The van der Waals surface area contributed by atoms with E-state index in [9.17, 15) is 20.2 Å². The quantitative estimate of drug-likeness (QED) is 0.110. The van der Waals surface area contributed by atoms with Gasteiger partial charge in [-0.05, 0) is 33.4 Å². The number of benzene rings is 3. The first-order valence-electron chi connectivity index (χ1n) is 15.2. The Morgan fingerprint density at radius 1 is 1.00 bits per heavy atom. The number of H-pyrrole nitrogens is 1. The van der Waals surface area contributed by atoms with Gasteiger partial charge >= 0.3 is 5.69 Å². The van der Waals surface area contributed by atoms with Crippen molar-refractivity contribution < 1.29 is 19.0 Å².